The molecule has 1 aliphatic heterocycles. The molecule has 0 saturated heterocycles. The molecule has 4 aromatic carbocycles. The molecule has 3 aliphatic rings. The number of amidine groups is 1. The lowest BCUT2D eigenvalue weighted by Gasteiger charge is -2.41. The molecular formula is C50H43N3. The number of aliphatic imine (C=N–C) groups is 1. The van der Waals surface area contributed by atoms with Crippen molar-refractivity contribution < 1.29 is 0 Å². The van der Waals surface area contributed by atoms with E-state index in [-0.39, 0.29) is 0 Å². The smallest absolute Gasteiger partial charge is 0.131 e. The number of nitrogens with zero attached hydrogens (tertiary/aromatic N) is 2. The van der Waals surface area contributed by atoms with Crippen LogP contribution in [0.2, 0.25) is 0 Å². The van der Waals surface area contributed by atoms with Crippen LogP contribution in [0.25, 0.3) is 33.9 Å². The van der Waals surface area contributed by atoms with Crippen LogP contribution in [0.15, 0.2) is 193 Å². The Kier molecular flexibility index (Phi) is 8.64. The van der Waals surface area contributed by atoms with Gasteiger partial charge < -0.3 is 10.3 Å². The number of allylic oxidation sites excluding steroid dienone is 13. The first-order valence-corrected chi connectivity index (χ1v) is 18.3. The average Bonchev–Trinajstić information content (AvgIpc) is 3.87. The van der Waals surface area contributed by atoms with Gasteiger partial charge in [0, 0.05) is 16.5 Å². The second-order valence-corrected chi connectivity index (χ2v) is 13.7. The van der Waals surface area contributed by atoms with Gasteiger partial charge in [0.2, 0.25) is 0 Å². The summed E-state index contributed by atoms with van der Waals surface area (Å²) in [6, 6.07) is 33.9. The van der Waals surface area contributed by atoms with Gasteiger partial charge in [-0.1, -0.05) is 160 Å². The maximum atomic E-state index is 7.05. The van der Waals surface area contributed by atoms with Crippen molar-refractivity contribution in [2.75, 3.05) is 0 Å². The van der Waals surface area contributed by atoms with E-state index in [1.807, 2.05) is 60.7 Å². The van der Waals surface area contributed by atoms with E-state index in [9.17, 15) is 0 Å². The number of benzene rings is 4. The van der Waals surface area contributed by atoms with E-state index in [0.717, 1.165) is 52.2 Å². The molecule has 1 spiro atoms. The van der Waals surface area contributed by atoms with Crippen molar-refractivity contribution in [2.24, 2.45) is 10.7 Å². The van der Waals surface area contributed by atoms with Gasteiger partial charge in [-0.05, 0) is 88.1 Å². The van der Waals surface area contributed by atoms with E-state index in [1.165, 1.54) is 49.9 Å². The number of rotatable bonds is 10. The summed E-state index contributed by atoms with van der Waals surface area (Å²) in [6.45, 7) is 16.9. The fourth-order valence-electron chi connectivity index (χ4n) is 8.73. The standard InChI is InChI=1S/C50H43N3/c1-6-9-23-39-34(5)50(42-26-17-24-40(39)42)43-30-29-37(32-47(43)53-46(28-10-7-2)38(8-3)41-25-18-27-44(50)48(41)53)49(51)52-45(36-21-15-12-16-22-36)31-33(4)35-19-13-11-14-20-35/h6-7,9-23,25-32H,1-2,4,8,24H2,3,5H3,(H2,51,52)/b23-9-,28-10-,45-31-. The van der Waals surface area contributed by atoms with Crippen LogP contribution in [-0.2, 0) is 11.8 Å². The normalized spacial score (nSPS) is 17.8. The van der Waals surface area contributed by atoms with Gasteiger partial charge in [0.15, 0.2) is 0 Å². The van der Waals surface area contributed by atoms with Crippen molar-refractivity contribution in [3.63, 3.8) is 0 Å². The summed E-state index contributed by atoms with van der Waals surface area (Å²) in [5, 5.41) is 1.27. The van der Waals surface area contributed by atoms with Crippen LogP contribution >= 0.6 is 0 Å². The van der Waals surface area contributed by atoms with Crippen LogP contribution in [0.5, 0.6) is 0 Å². The summed E-state index contributed by atoms with van der Waals surface area (Å²) >= 11 is 0. The minimum absolute atomic E-state index is 0.438. The molecule has 0 amide bonds. The Morgan fingerprint density at radius 3 is 2.28 bits per heavy atom. The van der Waals surface area contributed by atoms with Crippen LogP contribution in [0, 0.1) is 0 Å². The first kappa shape index (κ1) is 33.7. The number of para-hydroxylation sites is 1. The zero-order chi connectivity index (χ0) is 36.7. The quantitative estimate of drug-likeness (QED) is 0.0887. The molecule has 3 heteroatoms. The summed E-state index contributed by atoms with van der Waals surface area (Å²) in [5.41, 5.74) is 23.7. The summed E-state index contributed by atoms with van der Waals surface area (Å²) < 4.78 is 2.45. The highest BCUT2D eigenvalue weighted by molar-refractivity contribution is 6.04. The molecule has 0 fully saturated rings. The Morgan fingerprint density at radius 2 is 1.57 bits per heavy atom. The molecule has 0 saturated carbocycles. The van der Waals surface area contributed by atoms with Crippen molar-refractivity contribution in [3.8, 4) is 5.69 Å². The molecule has 53 heavy (non-hydrogen) atoms. The maximum absolute atomic E-state index is 7.05. The van der Waals surface area contributed by atoms with E-state index in [2.05, 4.69) is 129 Å². The number of aryl methyl sites for hydroxylation is 1. The van der Waals surface area contributed by atoms with Gasteiger partial charge in [-0.15, -0.1) is 0 Å². The molecule has 1 aromatic heterocycles. The monoisotopic (exact) mass is 685 g/mol. The molecule has 0 radical (unpaired) electrons. The molecule has 1 unspecified atom stereocenters. The third-order valence-corrected chi connectivity index (χ3v) is 11.0. The second-order valence-electron chi connectivity index (χ2n) is 13.7. The van der Waals surface area contributed by atoms with Crippen LogP contribution in [0.1, 0.15) is 59.3 Å². The number of hydrogen-bond donors (Lipinski definition) is 1. The molecule has 2 aliphatic carbocycles. The molecule has 258 valence electrons. The lowest BCUT2D eigenvalue weighted by atomic mass is 9.64. The fraction of sp³-hybridized carbons (Fsp3) is 0.100. The number of aromatic nitrogens is 1. The molecule has 8 rings (SSSR count). The highest BCUT2D eigenvalue weighted by Gasteiger charge is 2.51. The third kappa shape index (κ3) is 5.23. The summed E-state index contributed by atoms with van der Waals surface area (Å²) in [4.78, 5) is 5.13. The van der Waals surface area contributed by atoms with Crippen LogP contribution in [0.4, 0.5) is 0 Å². The molecule has 1 atom stereocenters. The molecular weight excluding hydrogens is 643 g/mol. The minimum Gasteiger partial charge on any atom is -0.383 e. The molecule has 3 nitrogen and oxygen atoms in total. The Morgan fingerprint density at radius 1 is 0.849 bits per heavy atom. The van der Waals surface area contributed by atoms with Gasteiger partial charge in [-0.3, -0.25) is 0 Å². The first-order chi connectivity index (χ1) is 25.9. The predicted octanol–water partition coefficient (Wildman–Crippen LogP) is 11.8. The predicted molar refractivity (Wildman–Crippen MR) is 226 cm³/mol. The van der Waals surface area contributed by atoms with Gasteiger partial charge in [-0.2, -0.15) is 0 Å². The zero-order valence-electron chi connectivity index (χ0n) is 30.4. The van der Waals surface area contributed by atoms with E-state index >= 15 is 0 Å². The van der Waals surface area contributed by atoms with E-state index in [4.69, 9.17) is 10.7 Å². The fourth-order valence-corrected chi connectivity index (χ4v) is 8.73. The van der Waals surface area contributed by atoms with Crippen molar-refractivity contribution in [1.29, 1.82) is 0 Å². The topological polar surface area (TPSA) is 43.3 Å². The highest BCUT2D eigenvalue weighted by Crippen LogP contribution is 2.61. The van der Waals surface area contributed by atoms with Gasteiger partial charge in [0.25, 0.3) is 0 Å². The lowest BCUT2D eigenvalue weighted by molar-refractivity contribution is 0.716. The van der Waals surface area contributed by atoms with Crippen LogP contribution < -0.4 is 5.73 Å². The van der Waals surface area contributed by atoms with Gasteiger partial charge >= 0.3 is 0 Å². The SMILES string of the molecule is C=C/C=C\C1=C(C)C2(C3=C1CC=C3)c1ccc(C(N)=N/C(=C\C(=C)c3ccccc3)c3ccccc3)cc1-n1c(/C=C\C=C)c(CC)c3cccc2c31. The number of hydrogen-bond acceptors (Lipinski definition) is 1. The molecule has 0 bridgehead atoms. The van der Waals surface area contributed by atoms with Crippen molar-refractivity contribution in [2.45, 2.75) is 32.1 Å². The zero-order valence-corrected chi connectivity index (χ0v) is 30.4. The Balaban J connectivity index is 1.41. The minimum atomic E-state index is -0.468. The number of nitrogens with two attached hydrogens (primary N) is 1. The Labute approximate surface area is 312 Å². The molecule has 5 aromatic rings. The van der Waals surface area contributed by atoms with Gasteiger partial charge in [0.1, 0.15) is 5.84 Å². The van der Waals surface area contributed by atoms with Gasteiger partial charge in [-0.25, -0.2) is 4.99 Å². The van der Waals surface area contributed by atoms with Crippen LogP contribution in [0.3, 0.4) is 0 Å². The summed E-state index contributed by atoms with van der Waals surface area (Å²) in [6.07, 6.45) is 20.7. The van der Waals surface area contributed by atoms with Gasteiger partial charge in [0.05, 0.1) is 28.0 Å². The average molecular weight is 686 g/mol. The second kappa shape index (κ2) is 13.6. The lowest BCUT2D eigenvalue weighted by Crippen LogP contribution is -2.34. The van der Waals surface area contributed by atoms with Crippen molar-refractivity contribution in [1.82, 2.24) is 4.57 Å². The summed E-state index contributed by atoms with van der Waals surface area (Å²) in [7, 11) is 0. The largest absolute Gasteiger partial charge is 0.383 e. The van der Waals surface area contributed by atoms with E-state index < -0.39 is 5.41 Å². The third-order valence-electron chi connectivity index (χ3n) is 11.0. The maximum Gasteiger partial charge on any atom is 0.131 e. The van der Waals surface area contributed by atoms with E-state index in [1.54, 1.807) is 0 Å². The van der Waals surface area contributed by atoms with Crippen LogP contribution in [-0.4, -0.2) is 10.4 Å². The summed E-state index contributed by atoms with van der Waals surface area (Å²) in [5.74, 6) is 0.438. The molecule has 2 N–H and O–H groups in total. The molecule has 2 heterocycles. The highest BCUT2D eigenvalue weighted by atomic mass is 15.0. The first-order valence-electron chi connectivity index (χ1n) is 18.3. The van der Waals surface area contributed by atoms with E-state index in [0.29, 0.717) is 5.84 Å². The van der Waals surface area contributed by atoms with Crippen molar-refractivity contribution >= 4 is 34.1 Å². The number of fused-ring (bicyclic) bond motifs is 5. The Bertz CT molecular complexity index is 2560. The Hall–Kier alpha value is -6.45. The van der Waals surface area contributed by atoms with Crippen molar-refractivity contribution in [3.05, 3.63) is 227 Å².